The van der Waals surface area contributed by atoms with Gasteiger partial charge in [0.05, 0.1) is 5.69 Å². The SMILES string of the molecule is CC(C)N(C)c1ccc(NCc2cccnc2)cc1F. The topological polar surface area (TPSA) is 28.2 Å². The van der Waals surface area contributed by atoms with Crippen molar-refractivity contribution in [2.24, 2.45) is 0 Å². The number of rotatable bonds is 5. The first-order chi connectivity index (χ1) is 9.58. The second-order valence-corrected chi connectivity index (χ2v) is 5.09. The molecule has 0 unspecified atom stereocenters. The monoisotopic (exact) mass is 273 g/mol. The minimum absolute atomic E-state index is 0.211. The van der Waals surface area contributed by atoms with Gasteiger partial charge in [0.15, 0.2) is 0 Å². The number of nitrogens with one attached hydrogen (secondary N) is 1. The van der Waals surface area contributed by atoms with Crippen molar-refractivity contribution in [2.45, 2.75) is 26.4 Å². The molecule has 0 atom stereocenters. The molecule has 2 rings (SSSR count). The lowest BCUT2D eigenvalue weighted by atomic mass is 10.2. The summed E-state index contributed by atoms with van der Waals surface area (Å²) in [6.07, 6.45) is 3.53. The molecule has 20 heavy (non-hydrogen) atoms. The van der Waals surface area contributed by atoms with E-state index < -0.39 is 0 Å². The number of nitrogens with zero attached hydrogens (tertiary/aromatic N) is 2. The van der Waals surface area contributed by atoms with Crippen LogP contribution in [-0.4, -0.2) is 18.1 Å². The molecular formula is C16H20FN3. The van der Waals surface area contributed by atoms with E-state index >= 15 is 0 Å². The van der Waals surface area contributed by atoms with Crippen LogP contribution >= 0.6 is 0 Å². The van der Waals surface area contributed by atoms with Crippen LogP contribution in [0.5, 0.6) is 0 Å². The van der Waals surface area contributed by atoms with E-state index in [1.807, 2.05) is 44.0 Å². The normalized spacial score (nSPS) is 10.7. The number of hydrogen-bond acceptors (Lipinski definition) is 3. The molecule has 2 aromatic rings. The first-order valence-electron chi connectivity index (χ1n) is 6.73. The molecule has 0 aliphatic rings. The van der Waals surface area contributed by atoms with Crippen LogP contribution in [0.4, 0.5) is 15.8 Å². The van der Waals surface area contributed by atoms with E-state index in [1.165, 1.54) is 6.07 Å². The van der Waals surface area contributed by atoms with E-state index in [-0.39, 0.29) is 11.9 Å². The summed E-state index contributed by atoms with van der Waals surface area (Å²) in [6.45, 7) is 4.70. The second kappa shape index (κ2) is 6.37. The van der Waals surface area contributed by atoms with Crippen molar-refractivity contribution < 1.29 is 4.39 Å². The van der Waals surface area contributed by atoms with Gasteiger partial charge in [-0.1, -0.05) is 6.07 Å². The first-order valence-corrected chi connectivity index (χ1v) is 6.73. The van der Waals surface area contributed by atoms with Crippen LogP contribution in [0.1, 0.15) is 19.4 Å². The average molecular weight is 273 g/mol. The third-order valence-electron chi connectivity index (χ3n) is 3.32. The minimum Gasteiger partial charge on any atom is -0.381 e. The Morgan fingerprint density at radius 3 is 2.70 bits per heavy atom. The molecule has 0 saturated carbocycles. The molecule has 0 saturated heterocycles. The summed E-state index contributed by atoms with van der Waals surface area (Å²) >= 11 is 0. The molecule has 106 valence electrons. The van der Waals surface area contributed by atoms with Gasteiger partial charge in [0.2, 0.25) is 0 Å². The average Bonchev–Trinajstić information content (AvgIpc) is 2.45. The van der Waals surface area contributed by atoms with Crippen molar-refractivity contribution in [2.75, 3.05) is 17.3 Å². The highest BCUT2D eigenvalue weighted by atomic mass is 19.1. The third kappa shape index (κ3) is 3.47. The van der Waals surface area contributed by atoms with Crippen molar-refractivity contribution in [1.82, 2.24) is 4.98 Å². The van der Waals surface area contributed by atoms with Gasteiger partial charge in [-0.15, -0.1) is 0 Å². The zero-order chi connectivity index (χ0) is 14.5. The van der Waals surface area contributed by atoms with Gasteiger partial charge in [0.25, 0.3) is 0 Å². The lowest BCUT2D eigenvalue weighted by molar-refractivity contribution is 0.614. The highest BCUT2D eigenvalue weighted by Crippen LogP contribution is 2.23. The Balaban J connectivity index is 2.06. The van der Waals surface area contributed by atoms with Crippen molar-refractivity contribution >= 4 is 11.4 Å². The third-order valence-corrected chi connectivity index (χ3v) is 3.32. The lowest BCUT2D eigenvalue weighted by Gasteiger charge is -2.24. The van der Waals surface area contributed by atoms with Crippen molar-refractivity contribution in [3.05, 3.63) is 54.1 Å². The van der Waals surface area contributed by atoms with E-state index in [1.54, 1.807) is 18.5 Å². The lowest BCUT2D eigenvalue weighted by Crippen LogP contribution is -2.26. The molecule has 3 nitrogen and oxygen atoms in total. The van der Waals surface area contributed by atoms with Crippen molar-refractivity contribution in [1.29, 1.82) is 0 Å². The Kier molecular flexibility index (Phi) is 4.56. The Morgan fingerprint density at radius 1 is 1.30 bits per heavy atom. The Bertz CT molecular complexity index is 555. The largest absolute Gasteiger partial charge is 0.381 e. The molecule has 0 bridgehead atoms. The minimum atomic E-state index is -0.211. The highest BCUT2D eigenvalue weighted by Gasteiger charge is 2.10. The number of benzene rings is 1. The van der Waals surface area contributed by atoms with Crippen molar-refractivity contribution in [3.63, 3.8) is 0 Å². The van der Waals surface area contributed by atoms with E-state index in [9.17, 15) is 4.39 Å². The molecule has 0 aliphatic carbocycles. The number of aromatic nitrogens is 1. The van der Waals surface area contributed by atoms with E-state index in [0.29, 0.717) is 12.2 Å². The van der Waals surface area contributed by atoms with Crippen LogP contribution in [-0.2, 0) is 6.54 Å². The molecule has 0 amide bonds. The van der Waals surface area contributed by atoms with Gasteiger partial charge < -0.3 is 10.2 Å². The maximum atomic E-state index is 14.1. The Labute approximate surface area is 119 Å². The molecule has 1 aromatic carbocycles. The Morgan fingerprint density at radius 2 is 2.10 bits per heavy atom. The molecule has 0 fully saturated rings. The van der Waals surface area contributed by atoms with Gasteiger partial charge in [0, 0.05) is 37.7 Å². The van der Waals surface area contributed by atoms with Crippen LogP contribution in [0.15, 0.2) is 42.7 Å². The van der Waals surface area contributed by atoms with Gasteiger partial charge in [-0.25, -0.2) is 4.39 Å². The zero-order valence-corrected chi connectivity index (χ0v) is 12.1. The standard InChI is InChI=1S/C16H20FN3/c1-12(2)20(3)16-7-6-14(9-15(16)17)19-11-13-5-4-8-18-10-13/h4-10,12,19H,11H2,1-3H3. The summed E-state index contributed by atoms with van der Waals surface area (Å²) in [5.74, 6) is -0.211. The van der Waals surface area contributed by atoms with E-state index in [0.717, 1.165) is 11.3 Å². The van der Waals surface area contributed by atoms with Gasteiger partial charge in [-0.2, -0.15) is 0 Å². The summed E-state index contributed by atoms with van der Waals surface area (Å²) in [5, 5.41) is 3.20. The molecule has 1 N–H and O–H groups in total. The number of anilines is 2. The zero-order valence-electron chi connectivity index (χ0n) is 12.1. The maximum Gasteiger partial charge on any atom is 0.148 e. The van der Waals surface area contributed by atoms with Crippen LogP contribution in [0.3, 0.4) is 0 Å². The van der Waals surface area contributed by atoms with Crippen molar-refractivity contribution in [3.8, 4) is 0 Å². The van der Waals surface area contributed by atoms with Crippen LogP contribution in [0.2, 0.25) is 0 Å². The fraction of sp³-hybridized carbons (Fsp3) is 0.312. The number of pyridine rings is 1. The second-order valence-electron chi connectivity index (χ2n) is 5.09. The summed E-state index contributed by atoms with van der Waals surface area (Å²) in [4.78, 5) is 5.97. The molecule has 4 heteroatoms. The predicted molar refractivity (Wildman–Crippen MR) is 81.5 cm³/mol. The number of halogens is 1. The molecule has 1 heterocycles. The molecule has 0 aliphatic heterocycles. The van der Waals surface area contributed by atoms with Gasteiger partial charge in [-0.3, -0.25) is 4.98 Å². The van der Waals surface area contributed by atoms with Crippen LogP contribution in [0.25, 0.3) is 0 Å². The summed E-state index contributed by atoms with van der Waals surface area (Å²) < 4.78 is 14.1. The van der Waals surface area contributed by atoms with E-state index in [4.69, 9.17) is 0 Å². The molecule has 0 radical (unpaired) electrons. The maximum absolute atomic E-state index is 14.1. The van der Waals surface area contributed by atoms with Crippen LogP contribution < -0.4 is 10.2 Å². The quantitative estimate of drug-likeness (QED) is 0.900. The van der Waals surface area contributed by atoms with Gasteiger partial charge >= 0.3 is 0 Å². The highest BCUT2D eigenvalue weighted by molar-refractivity contribution is 5.56. The molecular weight excluding hydrogens is 253 g/mol. The Hall–Kier alpha value is -2.10. The first kappa shape index (κ1) is 14.3. The predicted octanol–water partition coefficient (Wildman–Crippen LogP) is 3.68. The number of hydrogen-bond donors (Lipinski definition) is 1. The molecule has 1 aromatic heterocycles. The summed E-state index contributed by atoms with van der Waals surface area (Å²) in [7, 11) is 1.89. The smallest absolute Gasteiger partial charge is 0.148 e. The van der Waals surface area contributed by atoms with Gasteiger partial charge in [0.1, 0.15) is 5.82 Å². The van der Waals surface area contributed by atoms with Crippen LogP contribution in [0, 0.1) is 5.82 Å². The van der Waals surface area contributed by atoms with E-state index in [2.05, 4.69) is 10.3 Å². The fourth-order valence-electron chi connectivity index (χ4n) is 1.89. The van der Waals surface area contributed by atoms with Gasteiger partial charge in [-0.05, 0) is 43.7 Å². The summed E-state index contributed by atoms with van der Waals surface area (Å²) in [6, 6.07) is 9.37. The fourth-order valence-corrected chi connectivity index (χ4v) is 1.89. The summed E-state index contributed by atoms with van der Waals surface area (Å²) in [5.41, 5.74) is 2.45. The molecule has 0 spiro atoms.